The predicted molar refractivity (Wildman–Crippen MR) is 110 cm³/mol. The van der Waals surface area contributed by atoms with Crippen molar-refractivity contribution in [3.63, 3.8) is 0 Å². The highest BCUT2D eigenvalue weighted by Crippen LogP contribution is 2.34. The molecule has 5 rings (SSSR count). The number of carbonyl (C=O) groups is 1. The highest BCUT2D eigenvalue weighted by Gasteiger charge is 2.30. The van der Waals surface area contributed by atoms with Crippen LogP contribution in [0.2, 0.25) is 0 Å². The smallest absolute Gasteiger partial charge is 0.262 e. The van der Waals surface area contributed by atoms with Gasteiger partial charge in [0.2, 0.25) is 5.95 Å². The number of fused-ring (bicyclic) bond motifs is 3. The molecule has 2 aliphatic rings. The molecule has 1 saturated heterocycles. The Morgan fingerprint density at radius 1 is 1.10 bits per heavy atom. The molecule has 0 radical (unpaired) electrons. The molecule has 3 heterocycles. The zero-order valence-corrected chi connectivity index (χ0v) is 16.3. The van der Waals surface area contributed by atoms with Crippen LogP contribution in [0.25, 0.3) is 11.0 Å². The number of ether oxygens (including phenoxy) is 1. The summed E-state index contributed by atoms with van der Waals surface area (Å²) in [5.41, 5.74) is 3.77. The van der Waals surface area contributed by atoms with Crippen LogP contribution < -0.4 is 10.5 Å². The first-order chi connectivity index (χ1) is 14.1. The molecule has 148 valence electrons. The van der Waals surface area contributed by atoms with Gasteiger partial charge in [-0.05, 0) is 30.4 Å². The quantitative estimate of drug-likeness (QED) is 0.723. The van der Waals surface area contributed by atoms with Crippen LogP contribution in [-0.2, 0) is 11.2 Å². The van der Waals surface area contributed by atoms with E-state index in [2.05, 4.69) is 39.2 Å². The number of H-pyrrole nitrogens is 1. The van der Waals surface area contributed by atoms with E-state index in [1.807, 2.05) is 11.8 Å². The van der Waals surface area contributed by atoms with Crippen molar-refractivity contribution in [2.75, 3.05) is 31.2 Å². The van der Waals surface area contributed by atoms with Gasteiger partial charge in [-0.15, -0.1) is 0 Å². The molecular weight excluding hydrogens is 368 g/mol. The van der Waals surface area contributed by atoms with Gasteiger partial charge in [-0.2, -0.15) is 4.98 Å². The summed E-state index contributed by atoms with van der Waals surface area (Å²) < 4.78 is 5.37. The summed E-state index contributed by atoms with van der Waals surface area (Å²) >= 11 is 0. The maximum atomic E-state index is 13.0. The second kappa shape index (κ2) is 7.08. The number of aromatic amines is 1. The van der Waals surface area contributed by atoms with E-state index < -0.39 is 0 Å². The number of hydrogen-bond acceptors (Lipinski definition) is 6. The van der Waals surface area contributed by atoms with Gasteiger partial charge in [-0.25, -0.2) is 4.98 Å². The van der Waals surface area contributed by atoms with E-state index in [4.69, 9.17) is 4.74 Å². The molecule has 1 atom stereocenters. The molecule has 7 nitrogen and oxygen atoms in total. The lowest BCUT2D eigenvalue weighted by Gasteiger charge is -2.28. The number of carbonyl (C=O) groups excluding carboxylic acids is 1. The summed E-state index contributed by atoms with van der Waals surface area (Å²) in [6.45, 7) is 4.60. The maximum absolute atomic E-state index is 13.0. The van der Waals surface area contributed by atoms with Gasteiger partial charge in [0.15, 0.2) is 11.4 Å². The van der Waals surface area contributed by atoms with E-state index in [-0.39, 0.29) is 17.3 Å². The molecule has 0 spiro atoms. The van der Waals surface area contributed by atoms with E-state index in [0.29, 0.717) is 61.7 Å². The summed E-state index contributed by atoms with van der Waals surface area (Å²) in [5.74, 6) is 0.595. The number of aromatic nitrogens is 3. The first-order valence-corrected chi connectivity index (χ1v) is 9.94. The number of rotatable bonds is 2. The number of anilines is 1. The van der Waals surface area contributed by atoms with Crippen molar-refractivity contribution in [2.24, 2.45) is 0 Å². The Morgan fingerprint density at radius 2 is 1.86 bits per heavy atom. The van der Waals surface area contributed by atoms with Gasteiger partial charge in [0.25, 0.3) is 5.56 Å². The summed E-state index contributed by atoms with van der Waals surface area (Å²) in [6.07, 6.45) is 2.64. The Bertz CT molecular complexity index is 1150. The zero-order chi connectivity index (χ0) is 20.0. The van der Waals surface area contributed by atoms with Crippen molar-refractivity contribution in [3.05, 3.63) is 63.1 Å². The molecule has 1 aromatic carbocycles. The second-order valence-corrected chi connectivity index (χ2v) is 7.78. The van der Waals surface area contributed by atoms with Gasteiger partial charge in [0.1, 0.15) is 0 Å². The fourth-order valence-electron chi connectivity index (χ4n) is 4.26. The maximum Gasteiger partial charge on any atom is 0.262 e. The molecule has 0 amide bonds. The Hall–Kier alpha value is -3.06. The summed E-state index contributed by atoms with van der Waals surface area (Å²) in [4.78, 5) is 39.7. The van der Waals surface area contributed by atoms with Gasteiger partial charge in [-0.1, -0.05) is 29.8 Å². The van der Waals surface area contributed by atoms with Crippen LogP contribution in [0.15, 0.2) is 35.3 Å². The van der Waals surface area contributed by atoms with Gasteiger partial charge >= 0.3 is 0 Å². The van der Waals surface area contributed by atoms with Crippen molar-refractivity contribution in [1.82, 2.24) is 15.0 Å². The average Bonchev–Trinajstić information content (AvgIpc) is 2.74. The molecule has 1 fully saturated rings. The largest absolute Gasteiger partial charge is 0.378 e. The van der Waals surface area contributed by atoms with Crippen LogP contribution in [0, 0.1) is 6.92 Å². The van der Waals surface area contributed by atoms with Crippen LogP contribution in [0.3, 0.4) is 0 Å². The minimum absolute atomic E-state index is 0.0304. The molecule has 1 N–H and O–H groups in total. The molecule has 7 heteroatoms. The molecular formula is C22H22N4O3. The Kier molecular flexibility index (Phi) is 4.39. The molecule has 29 heavy (non-hydrogen) atoms. The highest BCUT2D eigenvalue weighted by atomic mass is 16.5. The minimum Gasteiger partial charge on any atom is -0.378 e. The van der Waals surface area contributed by atoms with E-state index in [1.54, 1.807) is 6.20 Å². The number of morpholine rings is 1. The molecule has 2 aromatic heterocycles. The molecule has 0 unspecified atom stereocenters. The van der Waals surface area contributed by atoms with Gasteiger partial charge in [0.05, 0.1) is 18.6 Å². The second-order valence-electron chi connectivity index (χ2n) is 7.78. The van der Waals surface area contributed by atoms with Crippen molar-refractivity contribution in [1.29, 1.82) is 0 Å². The summed E-state index contributed by atoms with van der Waals surface area (Å²) in [7, 11) is 0. The average molecular weight is 390 g/mol. The van der Waals surface area contributed by atoms with Crippen LogP contribution in [-0.4, -0.2) is 47.0 Å². The van der Waals surface area contributed by atoms with Crippen molar-refractivity contribution < 1.29 is 9.53 Å². The van der Waals surface area contributed by atoms with E-state index in [9.17, 15) is 9.59 Å². The number of aryl methyl sites for hydroxylation is 1. The first-order valence-electron chi connectivity index (χ1n) is 9.94. The lowest BCUT2D eigenvalue weighted by molar-refractivity contribution is 0.0964. The van der Waals surface area contributed by atoms with Crippen molar-refractivity contribution in [2.45, 2.75) is 25.7 Å². The molecule has 0 saturated carbocycles. The predicted octanol–water partition coefficient (Wildman–Crippen LogP) is 2.38. The third-order valence-corrected chi connectivity index (χ3v) is 5.87. The highest BCUT2D eigenvalue weighted by molar-refractivity contribution is 6.02. The van der Waals surface area contributed by atoms with Crippen molar-refractivity contribution in [3.8, 4) is 0 Å². The fourth-order valence-corrected chi connectivity index (χ4v) is 4.26. The van der Waals surface area contributed by atoms with Gasteiger partial charge in [0, 0.05) is 31.3 Å². The number of nitrogens with one attached hydrogen (secondary N) is 1. The van der Waals surface area contributed by atoms with Crippen LogP contribution in [0.5, 0.6) is 0 Å². The normalized spacial score (nSPS) is 19.4. The summed E-state index contributed by atoms with van der Waals surface area (Å²) in [6, 6.07) is 8.26. The zero-order valence-electron chi connectivity index (χ0n) is 16.3. The summed E-state index contributed by atoms with van der Waals surface area (Å²) in [5, 5.41) is 0.435. The first kappa shape index (κ1) is 18.0. The Labute approximate surface area is 167 Å². The number of nitrogens with zero attached hydrogens (tertiary/aromatic N) is 3. The number of Topliss-reactive ketones (excluding diaryl/α,β-unsaturated/α-hetero) is 1. The number of pyridine rings is 1. The third-order valence-electron chi connectivity index (χ3n) is 5.87. The van der Waals surface area contributed by atoms with Crippen LogP contribution in [0.1, 0.15) is 39.4 Å². The van der Waals surface area contributed by atoms with Gasteiger partial charge < -0.3 is 9.64 Å². The number of ketones is 1. The number of hydrogen-bond donors (Lipinski definition) is 1. The van der Waals surface area contributed by atoms with Crippen LogP contribution in [0.4, 0.5) is 5.95 Å². The number of benzene rings is 1. The third kappa shape index (κ3) is 3.21. The Balaban J connectivity index is 1.59. The van der Waals surface area contributed by atoms with Crippen LogP contribution >= 0.6 is 0 Å². The molecule has 1 aliphatic carbocycles. The molecule has 1 aliphatic heterocycles. The topological polar surface area (TPSA) is 88.2 Å². The minimum atomic E-state index is -0.238. The van der Waals surface area contributed by atoms with E-state index >= 15 is 0 Å². The fraction of sp³-hybridized carbons (Fsp3) is 0.364. The lowest BCUT2D eigenvalue weighted by Crippen LogP contribution is -2.38. The monoisotopic (exact) mass is 390 g/mol. The van der Waals surface area contributed by atoms with Gasteiger partial charge in [-0.3, -0.25) is 14.6 Å². The SMILES string of the molecule is Cc1ccc([C@@H]2CC(=O)c3cnc4nc(N5CCOCC5)[nH]c(=O)c4c3C2)cc1. The van der Waals surface area contributed by atoms with Crippen molar-refractivity contribution >= 4 is 22.8 Å². The Morgan fingerprint density at radius 3 is 2.62 bits per heavy atom. The standard InChI is InChI=1S/C22H22N4O3/c1-13-2-4-14(5-3-13)15-10-16-17(18(27)11-15)12-23-20-19(16)21(28)25-22(24-20)26-6-8-29-9-7-26/h2-5,12,15H,6-11H2,1H3,(H,23,24,25,28)/t15-/m0/s1. The molecule has 3 aromatic rings. The van der Waals surface area contributed by atoms with E-state index in [0.717, 1.165) is 11.1 Å². The molecule has 0 bridgehead atoms. The van der Waals surface area contributed by atoms with E-state index in [1.165, 1.54) is 5.56 Å². The lowest BCUT2D eigenvalue weighted by atomic mass is 9.79.